The Morgan fingerprint density at radius 2 is 2.33 bits per heavy atom. The van der Waals surface area contributed by atoms with Crippen LogP contribution in [0.2, 0.25) is 0 Å². The van der Waals surface area contributed by atoms with Gasteiger partial charge in [-0.2, -0.15) is 5.26 Å². The smallest absolute Gasteiger partial charge is 0.0624 e. The van der Waals surface area contributed by atoms with Crippen molar-refractivity contribution in [2.45, 2.75) is 26.2 Å². The van der Waals surface area contributed by atoms with Crippen molar-refractivity contribution in [3.05, 3.63) is 12.7 Å². The van der Waals surface area contributed by atoms with Crippen LogP contribution in [-0.2, 0) is 0 Å². The first-order valence-corrected chi connectivity index (χ1v) is 4.19. The second-order valence-corrected chi connectivity index (χ2v) is 2.96. The Morgan fingerprint density at radius 3 is 2.75 bits per heavy atom. The molecule has 0 saturated heterocycles. The first-order chi connectivity index (χ1) is 5.76. The van der Waals surface area contributed by atoms with Gasteiger partial charge in [0, 0.05) is 12.8 Å². The summed E-state index contributed by atoms with van der Waals surface area (Å²) >= 11 is 0. The molecule has 0 aliphatic heterocycles. The zero-order chi connectivity index (χ0) is 9.40. The van der Waals surface area contributed by atoms with E-state index in [-0.39, 0.29) is 0 Å². The van der Waals surface area contributed by atoms with Crippen LogP contribution < -0.4 is 0 Å². The monoisotopic (exact) mass is 161 g/mol. The number of nitrogens with zero attached hydrogens (tertiary/aromatic N) is 1. The second-order valence-electron chi connectivity index (χ2n) is 2.96. The maximum Gasteiger partial charge on any atom is 0.0624 e. The third-order valence-electron chi connectivity index (χ3n) is 2.13. The summed E-state index contributed by atoms with van der Waals surface area (Å²) in [6.07, 6.45) is 9.30. The Balaban J connectivity index is 3.96. The van der Waals surface area contributed by atoms with Crippen molar-refractivity contribution in [3.8, 4) is 18.4 Å². The molecule has 64 valence electrons. The average molecular weight is 161 g/mol. The minimum Gasteiger partial charge on any atom is -0.198 e. The SMILES string of the molecule is C#CCCC(CC#N)C(C)C=C. The summed E-state index contributed by atoms with van der Waals surface area (Å²) in [4.78, 5) is 0. The topological polar surface area (TPSA) is 23.8 Å². The zero-order valence-electron chi connectivity index (χ0n) is 7.59. The standard InChI is InChI=1S/C11H15N/c1-4-6-7-11(8-9-12)10(3)5-2/h1,5,10-11H,2,6-8H2,3H3. The molecule has 0 aromatic rings. The molecule has 0 aromatic carbocycles. The number of hydrogen-bond acceptors (Lipinski definition) is 1. The fourth-order valence-electron chi connectivity index (χ4n) is 1.13. The maximum absolute atomic E-state index is 8.54. The predicted octanol–water partition coefficient (Wildman–Crippen LogP) is 2.75. The third kappa shape index (κ3) is 3.84. The maximum atomic E-state index is 8.54. The van der Waals surface area contributed by atoms with E-state index in [9.17, 15) is 0 Å². The molecule has 0 aliphatic rings. The molecule has 12 heavy (non-hydrogen) atoms. The number of hydrogen-bond donors (Lipinski definition) is 0. The van der Waals surface area contributed by atoms with Crippen LogP contribution in [-0.4, -0.2) is 0 Å². The van der Waals surface area contributed by atoms with Crippen molar-refractivity contribution < 1.29 is 0 Å². The summed E-state index contributed by atoms with van der Waals surface area (Å²) in [6, 6.07) is 2.18. The lowest BCUT2D eigenvalue weighted by Gasteiger charge is -2.16. The number of allylic oxidation sites excluding steroid dienone is 1. The molecule has 0 bridgehead atoms. The first-order valence-electron chi connectivity index (χ1n) is 4.19. The van der Waals surface area contributed by atoms with Gasteiger partial charge in [-0.25, -0.2) is 0 Å². The van der Waals surface area contributed by atoms with Crippen molar-refractivity contribution in [2.24, 2.45) is 11.8 Å². The average Bonchev–Trinajstić information content (AvgIpc) is 2.11. The van der Waals surface area contributed by atoms with E-state index in [0.717, 1.165) is 12.8 Å². The van der Waals surface area contributed by atoms with Gasteiger partial charge in [-0.3, -0.25) is 0 Å². The molecule has 0 rings (SSSR count). The van der Waals surface area contributed by atoms with Crippen molar-refractivity contribution in [2.75, 3.05) is 0 Å². The predicted molar refractivity (Wildman–Crippen MR) is 51.1 cm³/mol. The fourth-order valence-corrected chi connectivity index (χ4v) is 1.13. The highest BCUT2D eigenvalue weighted by Crippen LogP contribution is 2.21. The van der Waals surface area contributed by atoms with Crippen LogP contribution in [0.1, 0.15) is 26.2 Å². The molecule has 1 heteroatoms. The summed E-state index contributed by atoms with van der Waals surface area (Å²) in [5.74, 6) is 3.36. The first kappa shape index (κ1) is 10.8. The Morgan fingerprint density at radius 1 is 1.67 bits per heavy atom. The van der Waals surface area contributed by atoms with E-state index in [2.05, 4.69) is 25.5 Å². The molecular weight excluding hydrogens is 146 g/mol. The van der Waals surface area contributed by atoms with E-state index in [1.54, 1.807) is 0 Å². The van der Waals surface area contributed by atoms with Crippen LogP contribution in [0.15, 0.2) is 12.7 Å². The van der Waals surface area contributed by atoms with Gasteiger partial charge >= 0.3 is 0 Å². The van der Waals surface area contributed by atoms with Gasteiger partial charge in [-0.05, 0) is 18.3 Å². The summed E-state index contributed by atoms with van der Waals surface area (Å²) in [7, 11) is 0. The van der Waals surface area contributed by atoms with E-state index >= 15 is 0 Å². The van der Waals surface area contributed by atoms with E-state index in [1.165, 1.54) is 0 Å². The van der Waals surface area contributed by atoms with Crippen LogP contribution >= 0.6 is 0 Å². The lowest BCUT2D eigenvalue weighted by molar-refractivity contribution is 0.405. The normalized spacial score (nSPS) is 13.9. The van der Waals surface area contributed by atoms with Gasteiger partial charge in [-0.1, -0.05) is 13.0 Å². The van der Waals surface area contributed by atoms with Crippen molar-refractivity contribution in [1.29, 1.82) is 5.26 Å². The van der Waals surface area contributed by atoms with Crippen LogP contribution in [0.25, 0.3) is 0 Å². The van der Waals surface area contributed by atoms with Gasteiger partial charge in [0.2, 0.25) is 0 Å². The molecular formula is C11H15N. The Hall–Kier alpha value is -1.21. The van der Waals surface area contributed by atoms with Gasteiger partial charge < -0.3 is 0 Å². The summed E-state index contributed by atoms with van der Waals surface area (Å²) < 4.78 is 0. The van der Waals surface area contributed by atoms with Gasteiger partial charge in [0.15, 0.2) is 0 Å². The van der Waals surface area contributed by atoms with E-state index in [1.807, 2.05) is 6.08 Å². The van der Waals surface area contributed by atoms with E-state index in [4.69, 9.17) is 11.7 Å². The van der Waals surface area contributed by atoms with Gasteiger partial charge in [0.05, 0.1) is 6.07 Å². The van der Waals surface area contributed by atoms with Crippen LogP contribution in [0, 0.1) is 35.5 Å². The van der Waals surface area contributed by atoms with E-state index < -0.39 is 0 Å². The highest BCUT2D eigenvalue weighted by Gasteiger charge is 2.12. The molecule has 2 atom stereocenters. The third-order valence-corrected chi connectivity index (χ3v) is 2.13. The molecule has 0 heterocycles. The minimum atomic E-state index is 0.378. The molecule has 1 nitrogen and oxygen atoms in total. The largest absolute Gasteiger partial charge is 0.198 e. The highest BCUT2D eigenvalue weighted by atomic mass is 14.3. The summed E-state index contributed by atoms with van der Waals surface area (Å²) in [5.41, 5.74) is 0. The Bertz CT molecular complexity index is 204. The number of rotatable bonds is 5. The molecule has 0 amide bonds. The van der Waals surface area contributed by atoms with Crippen LogP contribution in [0.5, 0.6) is 0 Å². The Kier molecular flexibility index (Phi) is 5.84. The zero-order valence-corrected chi connectivity index (χ0v) is 7.59. The fraction of sp³-hybridized carbons (Fsp3) is 0.545. The van der Waals surface area contributed by atoms with Gasteiger partial charge in [0.25, 0.3) is 0 Å². The molecule has 0 fully saturated rings. The lowest BCUT2D eigenvalue weighted by atomic mass is 9.88. The molecule has 0 N–H and O–H groups in total. The highest BCUT2D eigenvalue weighted by molar-refractivity contribution is 4.91. The Labute approximate surface area is 75.1 Å². The van der Waals surface area contributed by atoms with Crippen molar-refractivity contribution in [3.63, 3.8) is 0 Å². The van der Waals surface area contributed by atoms with Gasteiger partial charge in [-0.15, -0.1) is 18.9 Å². The molecule has 0 aliphatic carbocycles. The summed E-state index contributed by atoms with van der Waals surface area (Å²) in [6.45, 7) is 5.79. The van der Waals surface area contributed by atoms with Crippen molar-refractivity contribution >= 4 is 0 Å². The lowest BCUT2D eigenvalue weighted by Crippen LogP contribution is -2.08. The van der Waals surface area contributed by atoms with Gasteiger partial charge in [0.1, 0.15) is 0 Å². The number of nitriles is 1. The quantitative estimate of drug-likeness (QED) is 0.449. The molecule has 0 saturated carbocycles. The van der Waals surface area contributed by atoms with Crippen molar-refractivity contribution in [1.82, 2.24) is 0 Å². The number of terminal acetylenes is 1. The van der Waals surface area contributed by atoms with Crippen LogP contribution in [0.3, 0.4) is 0 Å². The molecule has 0 radical (unpaired) electrons. The molecule has 0 spiro atoms. The minimum absolute atomic E-state index is 0.378. The van der Waals surface area contributed by atoms with Crippen LogP contribution in [0.4, 0.5) is 0 Å². The summed E-state index contributed by atoms with van der Waals surface area (Å²) in [5, 5.41) is 8.54. The molecule has 0 aromatic heterocycles. The molecule has 2 unspecified atom stereocenters. The second kappa shape index (κ2) is 6.50. The van der Waals surface area contributed by atoms with E-state index in [0.29, 0.717) is 18.3 Å².